The molecule has 0 atom stereocenters. The maximum absolute atomic E-state index is 11.8. The van der Waals surface area contributed by atoms with Gasteiger partial charge in [-0.25, -0.2) is 8.42 Å². The van der Waals surface area contributed by atoms with E-state index in [1.165, 1.54) is 21.0 Å². The fourth-order valence-electron chi connectivity index (χ4n) is 2.36. The number of sulfonamides is 1. The van der Waals surface area contributed by atoms with Gasteiger partial charge < -0.3 is 0 Å². The Morgan fingerprint density at radius 1 is 1.05 bits per heavy atom. The molecule has 1 aliphatic heterocycles. The zero-order valence-corrected chi connectivity index (χ0v) is 13.0. The highest BCUT2D eigenvalue weighted by atomic mass is 32.2. The van der Waals surface area contributed by atoms with Crippen LogP contribution in [-0.2, 0) is 16.4 Å². The van der Waals surface area contributed by atoms with Gasteiger partial charge in [0.15, 0.2) is 0 Å². The van der Waals surface area contributed by atoms with Gasteiger partial charge in [0.25, 0.3) is 0 Å². The first-order valence-electron chi connectivity index (χ1n) is 6.28. The van der Waals surface area contributed by atoms with E-state index in [1.807, 2.05) is 24.3 Å². The van der Waals surface area contributed by atoms with Crippen LogP contribution in [0.4, 0.5) is 5.69 Å². The molecule has 0 spiro atoms. The van der Waals surface area contributed by atoms with Crippen molar-refractivity contribution < 1.29 is 8.42 Å². The smallest absolute Gasteiger partial charge is 0.232 e. The van der Waals surface area contributed by atoms with Crippen molar-refractivity contribution in [3.63, 3.8) is 0 Å². The van der Waals surface area contributed by atoms with Crippen LogP contribution in [0.3, 0.4) is 0 Å². The molecule has 3 nitrogen and oxygen atoms in total. The van der Waals surface area contributed by atoms with Crippen LogP contribution in [0.2, 0.25) is 0 Å². The second-order valence-electron chi connectivity index (χ2n) is 4.87. The minimum Gasteiger partial charge on any atom is -0.273 e. The first kappa shape index (κ1) is 13.5. The summed E-state index contributed by atoms with van der Waals surface area (Å²) in [5.74, 6) is 0. The first-order chi connectivity index (χ1) is 9.47. The number of nitrogens with zero attached hydrogens (tertiary/aromatic N) is 1. The van der Waals surface area contributed by atoms with Crippen LogP contribution in [-0.4, -0.2) is 21.7 Å². The lowest BCUT2D eigenvalue weighted by Crippen LogP contribution is -2.26. The molecule has 1 heterocycles. The minimum absolute atomic E-state index is 0.770. The van der Waals surface area contributed by atoms with Crippen LogP contribution < -0.4 is 4.31 Å². The quantitative estimate of drug-likeness (QED) is 0.730. The first-order valence-corrected chi connectivity index (χ1v) is 8.95. The number of anilines is 1. The van der Waals surface area contributed by atoms with E-state index in [-0.39, 0.29) is 0 Å². The van der Waals surface area contributed by atoms with Gasteiger partial charge in [0.2, 0.25) is 10.0 Å². The largest absolute Gasteiger partial charge is 0.273 e. The van der Waals surface area contributed by atoms with E-state index in [0.717, 1.165) is 22.6 Å². The Balaban J connectivity index is 2.11. The van der Waals surface area contributed by atoms with Crippen molar-refractivity contribution in [3.8, 4) is 0 Å². The van der Waals surface area contributed by atoms with E-state index >= 15 is 0 Å². The summed E-state index contributed by atoms with van der Waals surface area (Å²) < 4.78 is 24.9. The Labute approximate surface area is 123 Å². The molecule has 0 saturated carbocycles. The van der Waals surface area contributed by atoms with Crippen molar-refractivity contribution in [1.29, 1.82) is 0 Å². The van der Waals surface area contributed by atoms with Gasteiger partial charge >= 0.3 is 0 Å². The Hall–Kier alpha value is -1.46. The van der Waals surface area contributed by atoms with Crippen molar-refractivity contribution in [3.05, 3.63) is 53.6 Å². The molecule has 0 aromatic heterocycles. The van der Waals surface area contributed by atoms with Crippen LogP contribution >= 0.6 is 11.8 Å². The lowest BCUT2D eigenvalue weighted by Gasteiger charge is -2.25. The molecule has 5 heteroatoms. The van der Waals surface area contributed by atoms with Gasteiger partial charge in [0.1, 0.15) is 0 Å². The lowest BCUT2D eigenvalue weighted by molar-refractivity contribution is 0.600. The minimum atomic E-state index is -3.24. The van der Waals surface area contributed by atoms with Crippen molar-refractivity contribution in [2.75, 3.05) is 17.6 Å². The molecule has 1 aliphatic rings. The predicted octanol–water partition coefficient (Wildman–Crippen LogP) is 3.14. The number of hydrogen-bond acceptors (Lipinski definition) is 3. The van der Waals surface area contributed by atoms with Crippen molar-refractivity contribution in [1.82, 2.24) is 0 Å². The maximum atomic E-state index is 11.8. The summed E-state index contributed by atoms with van der Waals surface area (Å²) >= 11 is 1.70. The van der Waals surface area contributed by atoms with E-state index in [1.54, 1.807) is 18.8 Å². The molecule has 0 radical (unpaired) electrons. The van der Waals surface area contributed by atoms with E-state index in [4.69, 9.17) is 0 Å². The lowest BCUT2D eigenvalue weighted by atomic mass is 10.0. The summed E-state index contributed by atoms with van der Waals surface area (Å²) in [4.78, 5) is 2.39. The topological polar surface area (TPSA) is 37.4 Å². The van der Waals surface area contributed by atoms with E-state index < -0.39 is 10.0 Å². The molecule has 2 aromatic carbocycles. The van der Waals surface area contributed by atoms with E-state index in [2.05, 4.69) is 18.2 Å². The third kappa shape index (κ3) is 2.31. The fraction of sp³-hybridized carbons (Fsp3) is 0.200. The van der Waals surface area contributed by atoms with Gasteiger partial charge in [-0.15, -0.1) is 0 Å². The molecule has 20 heavy (non-hydrogen) atoms. The molecule has 104 valence electrons. The number of rotatable bonds is 2. The summed E-state index contributed by atoms with van der Waals surface area (Å²) in [5.41, 5.74) is 3.11. The van der Waals surface area contributed by atoms with Crippen molar-refractivity contribution in [2.24, 2.45) is 0 Å². The molecule has 2 aromatic rings. The van der Waals surface area contributed by atoms with Gasteiger partial charge in [0, 0.05) is 23.3 Å². The van der Waals surface area contributed by atoms with Gasteiger partial charge in [0.05, 0.1) is 11.9 Å². The van der Waals surface area contributed by atoms with Crippen LogP contribution in [0.25, 0.3) is 0 Å². The summed E-state index contributed by atoms with van der Waals surface area (Å²) in [5, 5.41) is 0. The number of hydrogen-bond donors (Lipinski definition) is 0. The van der Waals surface area contributed by atoms with E-state index in [0.29, 0.717) is 0 Å². The standard InChI is InChI=1S/C15H15NO2S2/c1-16(20(2,17)18)13-7-5-9-15-12(13)10-11-6-3-4-8-14(11)19-15/h3-9H,10H2,1-2H3. The zero-order valence-electron chi connectivity index (χ0n) is 11.3. The molecule has 3 rings (SSSR count). The summed E-state index contributed by atoms with van der Waals surface area (Å²) in [7, 11) is -1.64. The average Bonchev–Trinajstić information content (AvgIpc) is 2.42. The average molecular weight is 305 g/mol. The van der Waals surface area contributed by atoms with Crippen LogP contribution in [0.5, 0.6) is 0 Å². The van der Waals surface area contributed by atoms with Gasteiger partial charge in [-0.1, -0.05) is 36.0 Å². The molecule has 0 fully saturated rings. The van der Waals surface area contributed by atoms with Crippen LogP contribution in [0, 0.1) is 0 Å². The predicted molar refractivity (Wildman–Crippen MR) is 83.1 cm³/mol. The molecule has 0 amide bonds. The zero-order chi connectivity index (χ0) is 14.3. The summed E-state index contributed by atoms with van der Waals surface area (Å²) in [6, 6.07) is 14.1. The second kappa shape index (κ2) is 4.82. The molecule has 0 N–H and O–H groups in total. The van der Waals surface area contributed by atoms with Crippen LogP contribution in [0.15, 0.2) is 52.3 Å². The number of fused-ring (bicyclic) bond motifs is 2. The summed E-state index contributed by atoms with van der Waals surface area (Å²) in [6.45, 7) is 0. The molecule has 0 saturated heterocycles. The van der Waals surface area contributed by atoms with Gasteiger partial charge in [-0.05, 0) is 29.3 Å². The maximum Gasteiger partial charge on any atom is 0.232 e. The van der Waals surface area contributed by atoms with Crippen molar-refractivity contribution >= 4 is 27.5 Å². The van der Waals surface area contributed by atoms with Gasteiger partial charge in [-0.3, -0.25) is 4.31 Å². The SMILES string of the molecule is CN(c1cccc2c1Cc1ccccc1S2)S(C)(=O)=O. The Morgan fingerprint density at radius 3 is 2.50 bits per heavy atom. The molecule has 0 aliphatic carbocycles. The highest BCUT2D eigenvalue weighted by molar-refractivity contribution is 7.99. The summed E-state index contributed by atoms with van der Waals surface area (Å²) in [6.07, 6.45) is 2.00. The normalized spacial score (nSPS) is 13.5. The highest BCUT2D eigenvalue weighted by Gasteiger charge is 2.22. The molecule has 0 unspecified atom stereocenters. The molecular weight excluding hydrogens is 290 g/mol. The number of benzene rings is 2. The molecular formula is C15H15NO2S2. The van der Waals surface area contributed by atoms with Crippen LogP contribution in [0.1, 0.15) is 11.1 Å². The third-order valence-corrected chi connectivity index (χ3v) is 5.92. The Bertz CT molecular complexity index is 769. The van der Waals surface area contributed by atoms with Crippen molar-refractivity contribution in [2.45, 2.75) is 16.2 Å². The Kier molecular flexibility index (Phi) is 3.26. The fourth-order valence-corrected chi connectivity index (χ4v) is 3.99. The Morgan fingerprint density at radius 2 is 1.75 bits per heavy atom. The second-order valence-corrected chi connectivity index (χ2v) is 7.97. The highest BCUT2D eigenvalue weighted by Crippen LogP contribution is 2.43. The molecule has 0 bridgehead atoms. The van der Waals surface area contributed by atoms with Gasteiger partial charge in [-0.2, -0.15) is 0 Å². The third-order valence-electron chi connectivity index (χ3n) is 3.50. The van der Waals surface area contributed by atoms with E-state index in [9.17, 15) is 8.42 Å². The monoisotopic (exact) mass is 305 g/mol.